The SMILES string of the molecule is CCc1ccc(C(C)(C)CNC(=NC)NCc2cccc(NC(=O)CN(C)C)c2)cc1.I. The van der Waals surface area contributed by atoms with Crippen LogP contribution in [-0.4, -0.2) is 51.0 Å². The van der Waals surface area contributed by atoms with Crippen LogP contribution in [0.5, 0.6) is 0 Å². The lowest BCUT2D eigenvalue weighted by Gasteiger charge is -2.27. The van der Waals surface area contributed by atoms with Crippen LogP contribution in [0.2, 0.25) is 0 Å². The number of benzene rings is 2. The summed E-state index contributed by atoms with van der Waals surface area (Å²) in [4.78, 5) is 18.2. The first-order valence-electron chi connectivity index (χ1n) is 10.8. The van der Waals surface area contributed by atoms with Crippen molar-refractivity contribution in [3.63, 3.8) is 0 Å². The lowest BCUT2D eigenvalue weighted by atomic mass is 9.84. The molecule has 2 aromatic carbocycles. The minimum atomic E-state index is -0.0273. The summed E-state index contributed by atoms with van der Waals surface area (Å²) in [5.74, 6) is 0.724. The van der Waals surface area contributed by atoms with E-state index in [9.17, 15) is 4.79 Å². The number of hydrogen-bond acceptors (Lipinski definition) is 3. The van der Waals surface area contributed by atoms with Gasteiger partial charge in [0.1, 0.15) is 0 Å². The van der Waals surface area contributed by atoms with Crippen molar-refractivity contribution in [2.24, 2.45) is 4.99 Å². The van der Waals surface area contributed by atoms with Crippen molar-refractivity contribution in [3.8, 4) is 0 Å². The largest absolute Gasteiger partial charge is 0.356 e. The van der Waals surface area contributed by atoms with E-state index in [1.165, 1.54) is 11.1 Å². The Kier molecular flexibility index (Phi) is 11.7. The molecular formula is C25H38IN5O. The molecule has 0 radical (unpaired) electrons. The number of halogens is 1. The predicted octanol–water partition coefficient (Wildman–Crippen LogP) is 4.01. The molecule has 0 heterocycles. The second kappa shape index (κ2) is 13.4. The molecule has 32 heavy (non-hydrogen) atoms. The Morgan fingerprint density at radius 2 is 1.72 bits per heavy atom. The molecule has 7 heteroatoms. The van der Waals surface area contributed by atoms with Gasteiger partial charge in [0.15, 0.2) is 5.96 Å². The average Bonchev–Trinajstić information content (AvgIpc) is 2.73. The third-order valence-corrected chi connectivity index (χ3v) is 5.20. The van der Waals surface area contributed by atoms with E-state index in [1.54, 1.807) is 7.05 Å². The summed E-state index contributed by atoms with van der Waals surface area (Å²) in [6, 6.07) is 16.7. The van der Waals surface area contributed by atoms with E-state index in [4.69, 9.17) is 0 Å². The molecule has 176 valence electrons. The maximum atomic E-state index is 12.0. The van der Waals surface area contributed by atoms with Crippen molar-refractivity contribution in [2.45, 2.75) is 39.2 Å². The summed E-state index contributed by atoms with van der Waals surface area (Å²) >= 11 is 0. The first kappa shape index (κ1) is 27.9. The molecule has 2 rings (SSSR count). The zero-order valence-corrected chi connectivity index (χ0v) is 22.5. The highest BCUT2D eigenvalue weighted by atomic mass is 127. The fourth-order valence-electron chi connectivity index (χ4n) is 3.25. The van der Waals surface area contributed by atoms with Gasteiger partial charge in [0.25, 0.3) is 0 Å². The van der Waals surface area contributed by atoms with Crippen LogP contribution in [0.1, 0.15) is 37.5 Å². The second-order valence-corrected chi connectivity index (χ2v) is 8.70. The van der Waals surface area contributed by atoms with Gasteiger partial charge in [-0.25, -0.2) is 0 Å². The van der Waals surface area contributed by atoms with E-state index in [0.717, 1.165) is 30.2 Å². The number of aryl methyl sites for hydroxylation is 1. The zero-order valence-electron chi connectivity index (χ0n) is 20.2. The highest BCUT2D eigenvalue weighted by Crippen LogP contribution is 2.22. The number of nitrogens with one attached hydrogen (secondary N) is 3. The lowest BCUT2D eigenvalue weighted by molar-refractivity contribution is -0.116. The van der Waals surface area contributed by atoms with Crippen LogP contribution in [0.15, 0.2) is 53.5 Å². The molecule has 1 amide bonds. The molecule has 0 atom stereocenters. The van der Waals surface area contributed by atoms with Gasteiger partial charge in [-0.2, -0.15) is 0 Å². The van der Waals surface area contributed by atoms with Gasteiger partial charge in [0.05, 0.1) is 6.54 Å². The summed E-state index contributed by atoms with van der Waals surface area (Å²) < 4.78 is 0. The Hall–Kier alpha value is -2.13. The van der Waals surface area contributed by atoms with E-state index in [1.807, 2.05) is 43.3 Å². The summed E-state index contributed by atoms with van der Waals surface area (Å²) in [6.45, 7) is 8.37. The van der Waals surface area contributed by atoms with E-state index >= 15 is 0 Å². The molecule has 6 nitrogen and oxygen atoms in total. The molecule has 0 saturated heterocycles. The van der Waals surface area contributed by atoms with Crippen molar-refractivity contribution in [2.75, 3.05) is 39.5 Å². The molecule has 0 aliphatic rings. The van der Waals surface area contributed by atoms with Gasteiger partial charge < -0.3 is 20.9 Å². The number of hydrogen-bond donors (Lipinski definition) is 3. The molecule has 3 N–H and O–H groups in total. The number of carbonyl (C=O) groups excluding carboxylic acids is 1. The molecule has 0 unspecified atom stereocenters. The summed E-state index contributed by atoms with van der Waals surface area (Å²) in [6.07, 6.45) is 1.05. The second-order valence-electron chi connectivity index (χ2n) is 8.70. The van der Waals surface area contributed by atoms with Gasteiger partial charge in [0.2, 0.25) is 5.91 Å². The van der Waals surface area contributed by atoms with Gasteiger partial charge in [-0.1, -0.05) is 57.2 Å². The van der Waals surface area contributed by atoms with Crippen LogP contribution < -0.4 is 16.0 Å². The molecule has 0 bridgehead atoms. The van der Waals surface area contributed by atoms with Crippen LogP contribution in [-0.2, 0) is 23.2 Å². The molecule has 0 aliphatic carbocycles. The van der Waals surface area contributed by atoms with Gasteiger partial charge in [-0.15, -0.1) is 24.0 Å². The number of rotatable bonds is 9. The fraction of sp³-hybridized carbons (Fsp3) is 0.440. The molecule has 0 aliphatic heterocycles. The minimum absolute atomic E-state index is 0. The third kappa shape index (κ3) is 9.16. The summed E-state index contributed by atoms with van der Waals surface area (Å²) in [5, 5.41) is 9.73. The smallest absolute Gasteiger partial charge is 0.238 e. The Bertz CT molecular complexity index is 878. The summed E-state index contributed by atoms with van der Waals surface area (Å²) in [7, 11) is 5.52. The van der Waals surface area contributed by atoms with E-state index in [2.05, 4.69) is 66.0 Å². The maximum absolute atomic E-state index is 12.0. The Morgan fingerprint density at radius 1 is 1.03 bits per heavy atom. The number of anilines is 1. The quantitative estimate of drug-likeness (QED) is 0.250. The third-order valence-electron chi connectivity index (χ3n) is 5.20. The zero-order chi connectivity index (χ0) is 22.9. The topological polar surface area (TPSA) is 68.8 Å². The minimum Gasteiger partial charge on any atom is -0.356 e. The highest BCUT2D eigenvalue weighted by molar-refractivity contribution is 14.0. The van der Waals surface area contributed by atoms with Crippen LogP contribution in [0, 0.1) is 0 Å². The Balaban J connectivity index is 0.00000512. The fourth-order valence-corrected chi connectivity index (χ4v) is 3.25. The molecule has 2 aromatic rings. The van der Waals surface area contributed by atoms with Crippen LogP contribution in [0.4, 0.5) is 5.69 Å². The van der Waals surface area contributed by atoms with Crippen molar-refractivity contribution in [3.05, 3.63) is 65.2 Å². The van der Waals surface area contributed by atoms with Gasteiger partial charge in [-0.3, -0.25) is 9.79 Å². The Morgan fingerprint density at radius 3 is 2.31 bits per heavy atom. The van der Waals surface area contributed by atoms with Crippen LogP contribution >= 0.6 is 24.0 Å². The van der Waals surface area contributed by atoms with E-state index in [0.29, 0.717) is 13.1 Å². The van der Waals surface area contributed by atoms with Gasteiger partial charge >= 0.3 is 0 Å². The first-order valence-corrected chi connectivity index (χ1v) is 10.8. The summed E-state index contributed by atoms with van der Waals surface area (Å²) in [5.41, 5.74) is 4.49. The normalized spacial score (nSPS) is 11.7. The van der Waals surface area contributed by atoms with Crippen LogP contribution in [0.25, 0.3) is 0 Å². The van der Waals surface area contributed by atoms with Crippen molar-refractivity contribution in [1.29, 1.82) is 0 Å². The molecule has 0 fully saturated rings. The highest BCUT2D eigenvalue weighted by Gasteiger charge is 2.20. The number of amides is 1. The van der Waals surface area contributed by atoms with Gasteiger partial charge in [0, 0.05) is 31.2 Å². The maximum Gasteiger partial charge on any atom is 0.238 e. The van der Waals surface area contributed by atoms with Crippen molar-refractivity contribution in [1.82, 2.24) is 15.5 Å². The number of carbonyl (C=O) groups is 1. The molecule has 0 saturated carbocycles. The monoisotopic (exact) mass is 551 g/mol. The lowest BCUT2D eigenvalue weighted by Crippen LogP contribution is -2.43. The number of aliphatic imine (C=N–C) groups is 1. The average molecular weight is 552 g/mol. The standard InChI is InChI=1S/C25H37N5O.HI/c1-7-19-11-13-21(14-12-19)25(2,3)18-28-24(26-4)27-16-20-9-8-10-22(15-20)29-23(31)17-30(5)6;/h8-15H,7,16-18H2,1-6H3,(H,29,31)(H2,26,27,28);1H. The number of guanidine groups is 1. The van der Waals surface area contributed by atoms with E-state index in [-0.39, 0.29) is 35.3 Å². The van der Waals surface area contributed by atoms with Crippen molar-refractivity contribution >= 4 is 41.5 Å². The predicted molar refractivity (Wildman–Crippen MR) is 146 cm³/mol. The van der Waals surface area contributed by atoms with Gasteiger partial charge in [-0.05, 0) is 49.3 Å². The molecule has 0 aromatic heterocycles. The number of nitrogens with zero attached hydrogens (tertiary/aromatic N) is 2. The van der Waals surface area contributed by atoms with E-state index < -0.39 is 0 Å². The number of likely N-dealkylation sites (N-methyl/N-ethyl adjacent to an activating group) is 1. The Labute approximate surface area is 210 Å². The first-order chi connectivity index (χ1) is 14.7. The van der Waals surface area contributed by atoms with Crippen molar-refractivity contribution < 1.29 is 4.79 Å². The van der Waals surface area contributed by atoms with Crippen LogP contribution in [0.3, 0.4) is 0 Å². The molecule has 0 spiro atoms. The molecular weight excluding hydrogens is 513 g/mol.